The number of aryl methyl sites for hydroxylation is 3. The first-order chi connectivity index (χ1) is 14.4. The van der Waals surface area contributed by atoms with Crippen LogP contribution in [0.15, 0.2) is 29.2 Å². The van der Waals surface area contributed by atoms with Crippen LogP contribution < -0.4 is 10.0 Å². The van der Waals surface area contributed by atoms with E-state index >= 15 is 0 Å². The van der Waals surface area contributed by atoms with Gasteiger partial charge in [0.2, 0.25) is 10.0 Å². The molecule has 0 saturated heterocycles. The van der Waals surface area contributed by atoms with Gasteiger partial charge in [0.05, 0.1) is 10.3 Å². The number of sulfonamides is 1. The molecule has 3 aromatic rings. The second-order valence-corrected chi connectivity index (χ2v) is 10.9. The summed E-state index contributed by atoms with van der Waals surface area (Å²) < 4.78 is 27.6. The zero-order valence-corrected chi connectivity index (χ0v) is 19.3. The van der Waals surface area contributed by atoms with Gasteiger partial charge in [-0.25, -0.2) is 23.1 Å². The summed E-state index contributed by atoms with van der Waals surface area (Å²) in [6.45, 7) is 7.03. The van der Waals surface area contributed by atoms with Gasteiger partial charge in [0, 0.05) is 24.4 Å². The van der Waals surface area contributed by atoms with E-state index in [1.807, 2.05) is 6.92 Å². The van der Waals surface area contributed by atoms with Crippen LogP contribution in [0.25, 0.3) is 10.2 Å². The molecule has 0 aliphatic heterocycles. The predicted octanol–water partition coefficient (Wildman–Crippen LogP) is 4.08. The Hall–Kier alpha value is -2.03. The van der Waals surface area contributed by atoms with Crippen molar-refractivity contribution in [2.45, 2.75) is 51.3 Å². The molecular weight excluding hydrogens is 416 g/mol. The van der Waals surface area contributed by atoms with Gasteiger partial charge in [0.1, 0.15) is 16.5 Å². The minimum atomic E-state index is -3.52. The monoisotopic (exact) mass is 444 g/mol. The minimum absolute atomic E-state index is 0.284. The largest absolute Gasteiger partial charge is 0.368 e. The van der Waals surface area contributed by atoms with Crippen molar-refractivity contribution in [3.05, 3.63) is 46.1 Å². The molecular formula is C22H28N4O2S2. The van der Waals surface area contributed by atoms with Crippen LogP contribution in [0, 0.1) is 12.8 Å². The van der Waals surface area contributed by atoms with Crippen LogP contribution in [-0.4, -0.2) is 31.5 Å². The van der Waals surface area contributed by atoms with Gasteiger partial charge < -0.3 is 5.32 Å². The molecule has 160 valence electrons. The van der Waals surface area contributed by atoms with Crippen LogP contribution in [0.5, 0.6) is 0 Å². The maximum absolute atomic E-state index is 12.5. The molecule has 0 bridgehead atoms. The summed E-state index contributed by atoms with van der Waals surface area (Å²) in [6.07, 6.45) is 4.11. The Morgan fingerprint density at radius 1 is 1.17 bits per heavy atom. The fourth-order valence-corrected chi connectivity index (χ4v) is 6.27. The zero-order chi connectivity index (χ0) is 21.3. The number of hydrogen-bond acceptors (Lipinski definition) is 6. The average molecular weight is 445 g/mol. The third-order valence-corrected chi connectivity index (χ3v) is 8.18. The quantitative estimate of drug-likeness (QED) is 0.537. The fourth-order valence-electron chi connectivity index (χ4n) is 3.84. The van der Waals surface area contributed by atoms with Crippen LogP contribution in [-0.2, 0) is 29.3 Å². The molecule has 4 rings (SSSR count). The fraction of sp³-hybridized carbons (Fsp3) is 0.455. The van der Waals surface area contributed by atoms with Crippen molar-refractivity contribution in [2.24, 2.45) is 5.92 Å². The Balaban J connectivity index is 1.50. The van der Waals surface area contributed by atoms with Gasteiger partial charge in [0.25, 0.3) is 0 Å². The highest BCUT2D eigenvalue weighted by atomic mass is 32.2. The highest BCUT2D eigenvalue weighted by molar-refractivity contribution is 7.89. The van der Waals surface area contributed by atoms with Gasteiger partial charge in [0.15, 0.2) is 0 Å². The van der Waals surface area contributed by atoms with Gasteiger partial charge in [-0.3, -0.25) is 0 Å². The lowest BCUT2D eigenvalue weighted by Crippen LogP contribution is -2.29. The molecule has 0 amide bonds. The number of aromatic nitrogens is 2. The Bertz CT molecular complexity index is 1150. The topological polar surface area (TPSA) is 84.0 Å². The Morgan fingerprint density at radius 2 is 1.93 bits per heavy atom. The van der Waals surface area contributed by atoms with E-state index in [0.29, 0.717) is 12.5 Å². The first-order valence-corrected chi connectivity index (χ1v) is 12.8. The summed E-state index contributed by atoms with van der Waals surface area (Å²) in [5.74, 6) is 2.35. The summed E-state index contributed by atoms with van der Waals surface area (Å²) in [6, 6.07) is 6.87. The maximum atomic E-state index is 12.5. The Morgan fingerprint density at radius 3 is 2.67 bits per heavy atom. The number of nitrogens with one attached hydrogen (secondary N) is 2. The molecule has 1 aliphatic rings. The van der Waals surface area contributed by atoms with Crippen LogP contribution in [0.1, 0.15) is 42.1 Å². The second-order valence-electron chi connectivity index (χ2n) is 8.01. The van der Waals surface area contributed by atoms with E-state index in [4.69, 9.17) is 9.97 Å². The molecule has 0 spiro atoms. The predicted molar refractivity (Wildman–Crippen MR) is 123 cm³/mol. The van der Waals surface area contributed by atoms with Crippen LogP contribution in [0.4, 0.5) is 5.82 Å². The molecule has 0 radical (unpaired) electrons. The smallest absolute Gasteiger partial charge is 0.240 e. The number of hydrogen-bond donors (Lipinski definition) is 2. The highest BCUT2D eigenvalue weighted by Crippen LogP contribution is 2.40. The molecule has 0 saturated carbocycles. The summed E-state index contributed by atoms with van der Waals surface area (Å²) in [4.78, 5) is 12.2. The molecule has 8 heteroatoms. The zero-order valence-electron chi connectivity index (χ0n) is 17.7. The van der Waals surface area contributed by atoms with Crippen LogP contribution in [0.3, 0.4) is 0 Å². The van der Waals surface area contributed by atoms with Gasteiger partial charge in [-0.05, 0) is 49.8 Å². The molecule has 2 aromatic heterocycles. The lowest BCUT2D eigenvalue weighted by Gasteiger charge is -2.18. The van der Waals surface area contributed by atoms with E-state index in [2.05, 4.69) is 23.9 Å². The van der Waals surface area contributed by atoms with Gasteiger partial charge in [-0.2, -0.15) is 0 Å². The van der Waals surface area contributed by atoms with Gasteiger partial charge in [-0.15, -0.1) is 11.3 Å². The molecule has 6 nitrogen and oxygen atoms in total. The molecule has 1 aromatic carbocycles. The number of benzene rings is 1. The third kappa shape index (κ3) is 4.36. The average Bonchev–Trinajstić information content (AvgIpc) is 3.08. The molecule has 0 unspecified atom stereocenters. The molecule has 1 atom stereocenters. The lowest BCUT2D eigenvalue weighted by atomic mass is 9.89. The van der Waals surface area contributed by atoms with Crippen molar-refractivity contribution in [3.63, 3.8) is 0 Å². The number of anilines is 1. The van der Waals surface area contributed by atoms with E-state index in [9.17, 15) is 8.42 Å². The van der Waals surface area contributed by atoms with E-state index < -0.39 is 10.0 Å². The van der Waals surface area contributed by atoms with Crippen molar-refractivity contribution in [3.8, 4) is 0 Å². The van der Waals surface area contributed by atoms with E-state index in [1.54, 1.807) is 35.6 Å². The van der Waals surface area contributed by atoms with E-state index in [1.165, 1.54) is 16.9 Å². The molecule has 30 heavy (non-hydrogen) atoms. The van der Waals surface area contributed by atoms with Crippen LogP contribution in [0.2, 0.25) is 0 Å². The van der Waals surface area contributed by atoms with Gasteiger partial charge >= 0.3 is 0 Å². The van der Waals surface area contributed by atoms with Crippen molar-refractivity contribution in [2.75, 3.05) is 18.4 Å². The molecule has 2 N–H and O–H groups in total. The first-order valence-electron chi connectivity index (χ1n) is 10.5. The highest BCUT2D eigenvalue weighted by Gasteiger charge is 2.24. The summed E-state index contributed by atoms with van der Waals surface area (Å²) >= 11 is 1.79. The summed E-state index contributed by atoms with van der Waals surface area (Å²) in [7, 11) is -3.52. The second kappa shape index (κ2) is 8.61. The molecule has 2 heterocycles. The van der Waals surface area contributed by atoms with Crippen LogP contribution >= 0.6 is 11.3 Å². The van der Waals surface area contributed by atoms with E-state index in [0.717, 1.165) is 46.7 Å². The summed E-state index contributed by atoms with van der Waals surface area (Å²) in [5.41, 5.74) is 2.40. The summed E-state index contributed by atoms with van der Waals surface area (Å²) in [5, 5.41) is 4.50. The Kier molecular flexibility index (Phi) is 6.09. The normalized spacial score (nSPS) is 16.6. The van der Waals surface area contributed by atoms with Crippen molar-refractivity contribution in [1.82, 2.24) is 14.7 Å². The maximum Gasteiger partial charge on any atom is 0.240 e. The first kappa shape index (κ1) is 21.2. The Labute approximate surface area is 182 Å². The number of thiophene rings is 1. The number of rotatable bonds is 7. The SMILES string of the molecule is CCc1nc(NCCNS(=O)(=O)c2ccc(C)cc2)c2c3c(sc2n1)C[C@@H](C)CC3. The van der Waals surface area contributed by atoms with Crippen molar-refractivity contribution < 1.29 is 8.42 Å². The van der Waals surface area contributed by atoms with Crippen molar-refractivity contribution in [1.29, 1.82) is 0 Å². The molecule has 0 fully saturated rings. The minimum Gasteiger partial charge on any atom is -0.368 e. The third-order valence-electron chi connectivity index (χ3n) is 5.56. The number of fused-ring (bicyclic) bond motifs is 3. The number of nitrogens with zero attached hydrogens (tertiary/aromatic N) is 2. The van der Waals surface area contributed by atoms with E-state index in [-0.39, 0.29) is 11.4 Å². The standard InChI is InChI=1S/C22H28N4O2S2/c1-4-19-25-21(20-17-10-7-15(3)13-18(17)29-22(20)26-19)23-11-12-24-30(27,28)16-8-5-14(2)6-9-16/h5-6,8-9,15,24H,4,7,10-13H2,1-3H3,(H,23,25,26)/t15-/m0/s1. The molecule has 1 aliphatic carbocycles. The lowest BCUT2D eigenvalue weighted by molar-refractivity contribution is 0.509. The van der Waals surface area contributed by atoms with Crippen molar-refractivity contribution >= 4 is 37.4 Å². The van der Waals surface area contributed by atoms with Gasteiger partial charge in [-0.1, -0.05) is 31.5 Å².